The van der Waals surface area contributed by atoms with E-state index < -0.39 is 50.7 Å². The first-order valence-corrected chi connectivity index (χ1v) is 11.7. The molecule has 0 aliphatic rings. The zero-order chi connectivity index (χ0) is 25.8. The van der Waals surface area contributed by atoms with E-state index in [1.165, 1.54) is 54.7 Å². The van der Waals surface area contributed by atoms with Crippen molar-refractivity contribution < 1.29 is 30.8 Å². The third kappa shape index (κ3) is 6.58. The van der Waals surface area contributed by atoms with E-state index in [9.17, 15) is 30.8 Å². The van der Waals surface area contributed by atoms with Crippen LogP contribution in [-0.4, -0.2) is 27.1 Å². The summed E-state index contributed by atoms with van der Waals surface area (Å²) in [6.45, 7) is 0.853. The van der Waals surface area contributed by atoms with Crippen LogP contribution < -0.4 is 9.73 Å². The molecule has 35 heavy (non-hydrogen) atoms. The number of carbonyl (C=O) groups excluding carboxylic acids is 1. The maximum atomic E-state index is 13.4. The van der Waals surface area contributed by atoms with Crippen molar-refractivity contribution in [1.82, 2.24) is 5.43 Å². The van der Waals surface area contributed by atoms with Crippen LogP contribution in [-0.2, 0) is 21.0 Å². The predicted octanol–water partition coefficient (Wildman–Crippen LogP) is 5.15. The number of nitrogens with one attached hydrogen (secondary N) is 1. The normalized spacial score (nSPS) is 12.1. The summed E-state index contributed by atoms with van der Waals surface area (Å²) in [5.74, 6) is -1.40. The highest BCUT2D eigenvalue weighted by Gasteiger charge is 2.35. The fourth-order valence-electron chi connectivity index (χ4n) is 2.93. The van der Waals surface area contributed by atoms with Gasteiger partial charge in [0.25, 0.3) is 15.9 Å². The van der Waals surface area contributed by atoms with Gasteiger partial charge in [-0.15, -0.1) is 0 Å². The minimum absolute atomic E-state index is 0.228. The second-order valence-corrected chi connectivity index (χ2v) is 9.60. The fraction of sp³-hybridized carbons (Fsp3) is 0.130. The molecule has 0 fully saturated rings. The van der Waals surface area contributed by atoms with Gasteiger partial charge in [0.2, 0.25) is 0 Å². The molecule has 0 heterocycles. The van der Waals surface area contributed by atoms with Crippen molar-refractivity contribution in [3.05, 3.63) is 94.3 Å². The van der Waals surface area contributed by atoms with E-state index in [0.717, 1.165) is 17.7 Å². The SMILES string of the molecule is Cc1ccc(S(=O)(=O)N(CC(=O)N/N=C\c2ccc(F)cc2)c2ccc(Cl)c(C(F)(F)F)c2)cc1. The number of amides is 1. The molecule has 0 bridgehead atoms. The minimum Gasteiger partial charge on any atom is -0.271 e. The molecular weight excluding hydrogens is 510 g/mol. The quantitative estimate of drug-likeness (QED) is 0.262. The summed E-state index contributed by atoms with van der Waals surface area (Å²) in [6, 6.07) is 13.3. The summed E-state index contributed by atoms with van der Waals surface area (Å²) in [7, 11) is -4.45. The van der Waals surface area contributed by atoms with Crippen molar-refractivity contribution >= 4 is 39.4 Å². The van der Waals surface area contributed by atoms with Gasteiger partial charge in [-0.05, 0) is 55.0 Å². The van der Waals surface area contributed by atoms with Crippen LogP contribution in [0.15, 0.2) is 76.7 Å². The Morgan fingerprint density at radius 1 is 1.06 bits per heavy atom. The molecule has 0 saturated carbocycles. The number of alkyl halides is 3. The van der Waals surface area contributed by atoms with E-state index in [4.69, 9.17) is 11.6 Å². The average Bonchev–Trinajstić information content (AvgIpc) is 2.79. The van der Waals surface area contributed by atoms with Gasteiger partial charge in [0, 0.05) is 0 Å². The lowest BCUT2D eigenvalue weighted by Crippen LogP contribution is -2.39. The van der Waals surface area contributed by atoms with E-state index >= 15 is 0 Å². The Labute approximate surface area is 203 Å². The van der Waals surface area contributed by atoms with Gasteiger partial charge in [0.1, 0.15) is 12.4 Å². The van der Waals surface area contributed by atoms with Crippen LogP contribution in [0.4, 0.5) is 23.2 Å². The number of rotatable bonds is 7. The smallest absolute Gasteiger partial charge is 0.271 e. The number of halogens is 5. The third-order valence-corrected chi connectivity index (χ3v) is 6.83. The van der Waals surface area contributed by atoms with Gasteiger partial charge < -0.3 is 0 Å². The number of aryl methyl sites for hydroxylation is 1. The Morgan fingerprint density at radius 3 is 2.29 bits per heavy atom. The Kier molecular flexibility index (Phi) is 7.81. The van der Waals surface area contributed by atoms with E-state index in [1.54, 1.807) is 6.92 Å². The van der Waals surface area contributed by atoms with Gasteiger partial charge in [-0.1, -0.05) is 41.4 Å². The molecule has 0 spiro atoms. The Morgan fingerprint density at radius 2 is 1.69 bits per heavy atom. The number of anilines is 1. The van der Waals surface area contributed by atoms with Gasteiger partial charge in [-0.2, -0.15) is 18.3 Å². The summed E-state index contributed by atoms with van der Waals surface area (Å²) in [6.07, 6.45) is -3.66. The summed E-state index contributed by atoms with van der Waals surface area (Å²) in [4.78, 5) is 12.3. The van der Waals surface area contributed by atoms with Crippen LogP contribution in [0.25, 0.3) is 0 Å². The Bertz CT molecular complexity index is 1340. The minimum atomic E-state index is -4.85. The van der Waals surface area contributed by atoms with E-state index in [1.807, 2.05) is 0 Å². The standard InChI is InChI=1S/C23H18ClF4N3O3S/c1-15-2-9-19(10-3-15)35(33,34)31(18-8-11-21(24)20(12-18)23(26,27)28)14-22(32)30-29-13-16-4-6-17(25)7-5-16/h2-13H,14H2,1H3,(H,30,32)/b29-13-. The number of hydrogen-bond acceptors (Lipinski definition) is 4. The monoisotopic (exact) mass is 527 g/mol. The fourth-order valence-corrected chi connectivity index (χ4v) is 4.57. The highest BCUT2D eigenvalue weighted by molar-refractivity contribution is 7.92. The number of carbonyl (C=O) groups is 1. The van der Waals surface area contributed by atoms with Gasteiger partial charge >= 0.3 is 6.18 Å². The van der Waals surface area contributed by atoms with E-state index in [-0.39, 0.29) is 4.90 Å². The maximum absolute atomic E-state index is 13.4. The Hall–Kier alpha value is -3.44. The number of hydrazone groups is 1. The number of sulfonamides is 1. The third-order valence-electron chi connectivity index (χ3n) is 4.71. The highest BCUT2D eigenvalue weighted by Crippen LogP contribution is 2.38. The predicted molar refractivity (Wildman–Crippen MR) is 124 cm³/mol. The van der Waals surface area contributed by atoms with E-state index in [0.29, 0.717) is 15.9 Å². The summed E-state index contributed by atoms with van der Waals surface area (Å²) < 4.78 is 80.3. The van der Waals surface area contributed by atoms with Gasteiger partial charge in [-0.3, -0.25) is 9.10 Å². The second kappa shape index (κ2) is 10.4. The number of benzene rings is 3. The molecule has 12 heteroatoms. The number of nitrogens with zero attached hydrogens (tertiary/aromatic N) is 2. The van der Waals surface area contributed by atoms with Gasteiger partial charge in [0.15, 0.2) is 0 Å². The second-order valence-electron chi connectivity index (χ2n) is 7.33. The van der Waals surface area contributed by atoms with Crippen LogP contribution in [0, 0.1) is 12.7 Å². The molecule has 0 atom stereocenters. The van der Waals surface area contributed by atoms with Crippen molar-refractivity contribution in [3.8, 4) is 0 Å². The first-order valence-electron chi connectivity index (χ1n) is 9.91. The van der Waals surface area contributed by atoms with Crippen molar-refractivity contribution in [1.29, 1.82) is 0 Å². The first-order chi connectivity index (χ1) is 16.4. The molecule has 3 aromatic rings. The lowest BCUT2D eigenvalue weighted by Gasteiger charge is -2.25. The molecule has 184 valence electrons. The molecular formula is C23H18ClF4N3O3S. The maximum Gasteiger partial charge on any atom is 0.417 e. The van der Waals surface area contributed by atoms with Crippen molar-refractivity contribution in [2.45, 2.75) is 18.0 Å². The van der Waals surface area contributed by atoms with Crippen LogP contribution in [0.2, 0.25) is 5.02 Å². The molecule has 0 saturated heterocycles. The molecule has 1 N–H and O–H groups in total. The zero-order valence-corrected chi connectivity index (χ0v) is 19.6. The molecule has 0 aromatic heterocycles. The zero-order valence-electron chi connectivity index (χ0n) is 18.1. The van der Waals surface area contributed by atoms with Gasteiger partial charge in [0.05, 0.1) is 27.4 Å². The van der Waals surface area contributed by atoms with Crippen LogP contribution >= 0.6 is 11.6 Å². The largest absolute Gasteiger partial charge is 0.417 e. The van der Waals surface area contributed by atoms with Crippen molar-refractivity contribution in [2.75, 3.05) is 10.8 Å². The number of hydrogen-bond donors (Lipinski definition) is 1. The molecule has 6 nitrogen and oxygen atoms in total. The first kappa shape index (κ1) is 26.2. The van der Waals surface area contributed by atoms with Crippen molar-refractivity contribution in [3.63, 3.8) is 0 Å². The molecule has 3 rings (SSSR count). The summed E-state index contributed by atoms with van der Waals surface area (Å²) in [5, 5.41) is 3.06. The molecule has 0 aliphatic heterocycles. The molecule has 0 radical (unpaired) electrons. The lowest BCUT2D eigenvalue weighted by atomic mass is 10.2. The molecule has 0 unspecified atom stereocenters. The average molecular weight is 528 g/mol. The topological polar surface area (TPSA) is 78.8 Å². The molecule has 0 aliphatic carbocycles. The highest BCUT2D eigenvalue weighted by atomic mass is 35.5. The Balaban J connectivity index is 1.94. The van der Waals surface area contributed by atoms with Gasteiger partial charge in [-0.25, -0.2) is 18.2 Å². The molecule has 1 amide bonds. The van der Waals surface area contributed by atoms with E-state index in [2.05, 4.69) is 10.5 Å². The van der Waals surface area contributed by atoms with Crippen molar-refractivity contribution in [2.24, 2.45) is 5.10 Å². The molecule has 3 aromatic carbocycles. The summed E-state index contributed by atoms with van der Waals surface area (Å²) in [5.41, 5.74) is 1.65. The lowest BCUT2D eigenvalue weighted by molar-refractivity contribution is -0.137. The summed E-state index contributed by atoms with van der Waals surface area (Å²) >= 11 is 5.67. The van der Waals surface area contributed by atoms with Crippen LogP contribution in [0.3, 0.4) is 0 Å². The van der Waals surface area contributed by atoms with Crippen LogP contribution in [0.1, 0.15) is 16.7 Å². The van der Waals surface area contributed by atoms with Crippen LogP contribution in [0.5, 0.6) is 0 Å².